The molecule has 0 bridgehead atoms. The minimum atomic E-state index is -0.0736. The monoisotopic (exact) mass is 284 g/mol. The topological polar surface area (TPSA) is 38.5 Å². The Bertz CT molecular complexity index is 608. The SMILES string of the molecule is COc1cccc(N(C)Cc2ccccc2C)c1[C@H](C)N. The van der Waals surface area contributed by atoms with Gasteiger partial charge in [-0.2, -0.15) is 0 Å². The molecular formula is C18H24N2O. The van der Waals surface area contributed by atoms with Gasteiger partial charge in [0.2, 0.25) is 0 Å². The highest BCUT2D eigenvalue weighted by Crippen LogP contribution is 2.33. The van der Waals surface area contributed by atoms with Crippen molar-refractivity contribution in [1.29, 1.82) is 0 Å². The van der Waals surface area contributed by atoms with Crippen LogP contribution >= 0.6 is 0 Å². The smallest absolute Gasteiger partial charge is 0.125 e. The quantitative estimate of drug-likeness (QED) is 0.910. The standard InChI is InChI=1S/C18H24N2O/c1-13-8-5-6-9-15(13)12-20(3)16-10-7-11-17(21-4)18(16)14(2)19/h5-11,14H,12,19H2,1-4H3/t14-/m0/s1. The van der Waals surface area contributed by atoms with Gasteiger partial charge in [-0.15, -0.1) is 0 Å². The number of nitrogens with two attached hydrogens (primary N) is 1. The van der Waals surface area contributed by atoms with Gasteiger partial charge in [-0.1, -0.05) is 30.3 Å². The van der Waals surface area contributed by atoms with Gasteiger partial charge in [-0.05, 0) is 37.1 Å². The average Bonchev–Trinajstić information content (AvgIpc) is 2.48. The predicted octanol–water partition coefficient (Wildman–Crippen LogP) is 3.66. The number of rotatable bonds is 5. The third-order valence-electron chi connectivity index (χ3n) is 3.80. The molecule has 0 unspecified atom stereocenters. The molecule has 0 heterocycles. The number of anilines is 1. The molecule has 0 radical (unpaired) electrons. The molecule has 0 aliphatic carbocycles. The number of methoxy groups -OCH3 is 1. The van der Waals surface area contributed by atoms with E-state index in [1.54, 1.807) is 7.11 Å². The molecule has 3 heteroatoms. The summed E-state index contributed by atoms with van der Waals surface area (Å²) in [6.45, 7) is 4.98. The molecule has 0 aliphatic rings. The maximum absolute atomic E-state index is 6.15. The first-order chi connectivity index (χ1) is 10.0. The van der Waals surface area contributed by atoms with E-state index in [2.05, 4.69) is 49.2 Å². The van der Waals surface area contributed by atoms with Crippen molar-refractivity contribution in [2.24, 2.45) is 5.73 Å². The summed E-state index contributed by atoms with van der Waals surface area (Å²) in [7, 11) is 3.78. The molecule has 112 valence electrons. The van der Waals surface area contributed by atoms with Crippen LogP contribution in [0.5, 0.6) is 5.75 Å². The van der Waals surface area contributed by atoms with Crippen LogP contribution in [-0.4, -0.2) is 14.2 Å². The lowest BCUT2D eigenvalue weighted by molar-refractivity contribution is 0.407. The average molecular weight is 284 g/mol. The van der Waals surface area contributed by atoms with E-state index in [9.17, 15) is 0 Å². The molecule has 0 saturated heterocycles. The Labute approximate surface area is 127 Å². The molecule has 0 fully saturated rings. The van der Waals surface area contributed by atoms with E-state index in [0.29, 0.717) is 0 Å². The Balaban J connectivity index is 2.35. The van der Waals surface area contributed by atoms with Gasteiger partial charge < -0.3 is 15.4 Å². The van der Waals surface area contributed by atoms with Gasteiger partial charge in [0.25, 0.3) is 0 Å². The minimum absolute atomic E-state index is 0.0736. The van der Waals surface area contributed by atoms with Gasteiger partial charge in [0, 0.05) is 30.9 Å². The van der Waals surface area contributed by atoms with Crippen LogP contribution in [0.15, 0.2) is 42.5 Å². The van der Waals surface area contributed by atoms with E-state index < -0.39 is 0 Å². The second-order valence-corrected chi connectivity index (χ2v) is 5.46. The Kier molecular flexibility index (Phi) is 4.86. The Morgan fingerprint density at radius 2 is 1.86 bits per heavy atom. The second kappa shape index (κ2) is 6.64. The van der Waals surface area contributed by atoms with Crippen LogP contribution in [0.2, 0.25) is 0 Å². The first-order valence-corrected chi connectivity index (χ1v) is 7.22. The molecule has 0 aliphatic heterocycles. The van der Waals surface area contributed by atoms with Crippen LogP contribution in [0, 0.1) is 6.92 Å². The summed E-state index contributed by atoms with van der Waals surface area (Å²) in [5, 5.41) is 0. The molecule has 2 aromatic carbocycles. The lowest BCUT2D eigenvalue weighted by Gasteiger charge is -2.26. The van der Waals surface area contributed by atoms with E-state index in [1.807, 2.05) is 19.1 Å². The highest BCUT2D eigenvalue weighted by atomic mass is 16.5. The van der Waals surface area contributed by atoms with Crippen molar-refractivity contribution in [3.05, 3.63) is 59.2 Å². The summed E-state index contributed by atoms with van der Waals surface area (Å²) < 4.78 is 5.46. The van der Waals surface area contributed by atoms with Crippen LogP contribution in [-0.2, 0) is 6.54 Å². The third-order valence-corrected chi connectivity index (χ3v) is 3.80. The van der Waals surface area contributed by atoms with E-state index in [1.165, 1.54) is 11.1 Å². The molecule has 2 rings (SSSR count). The molecule has 2 N–H and O–H groups in total. The molecular weight excluding hydrogens is 260 g/mol. The molecule has 3 nitrogen and oxygen atoms in total. The van der Waals surface area contributed by atoms with Gasteiger partial charge in [0.05, 0.1) is 7.11 Å². The van der Waals surface area contributed by atoms with Gasteiger partial charge in [-0.3, -0.25) is 0 Å². The zero-order valence-electron chi connectivity index (χ0n) is 13.3. The zero-order chi connectivity index (χ0) is 15.4. The van der Waals surface area contributed by atoms with Crippen molar-refractivity contribution < 1.29 is 4.74 Å². The fraction of sp³-hybridized carbons (Fsp3) is 0.333. The zero-order valence-corrected chi connectivity index (χ0v) is 13.3. The Morgan fingerprint density at radius 3 is 2.48 bits per heavy atom. The van der Waals surface area contributed by atoms with Crippen molar-refractivity contribution in [2.75, 3.05) is 19.1 Å². The molecule has 2 aromatic rings. The molecule has 0 aromatic heterocycles. The van der Waals surface area contributed by atoms with E-state index in [0.717, 1.165) is 23.5 Å². The van der Waals surface area contributed by atoms with Gasteiger partial charge in [0.1, 0.15) is 5.75 Å². The number of hydrogen-bond donors (Lipinski definition) is 1. The highest BCUT2D eigenvalue weighted by molar-refractivity contribution is 5.60. The molecule has 0 spiro atoms. The lowest BCUT2D eigenvalue weighted by Crippen LogP contribution is -2.21. The van der Waals surface area contributed by atoms with Crippen molar-refractivity contribution in [2.45, 2.75) is 26.4 Å². The maximum Gasteiger partial charge on any atom is 0.125 e. The molecule has 0 saturated carbocycles. The van der Waals surface area contributed by atoms with Crippen LogP contribution in [0.25, 0.3) is 0 Å². The molecule has 0 amide bonds. The summed E-state index contributed by atoms with van der Waals surface area (Å²) in [6.07, 6.45) is 0. The number of nitrogens with zero attached hydrogens (tertiary/aromatic N) is 1. The summed E-state index contributed by atoms with van der Waals surface area (Å²) in [4.78, 5) is 2.23. The Morgan fingerprint density at radius 1 is 1.14 bits per heavy atom. The number of aryl methyl sites for hydroxylation is 1. The number of hydrogen-bond acceptors (Lipinski definition) is 3. The van der Waals surface area contributed by atoms with Crippen molar-refractivity contribution in [3.8, 4) is 5.75 Å². The maximum atomic E-state index is 6.15. The molecule has 1 atom stereocenters. The van der Waals surface area contributed by atoms with Crippen LogP contribution in [0.1, 0.15) is 29.7 Å². The lowest BCUT2D eigenvalue weighted by atomic mass is 10.0. The predicted molar refractivity (Wildman–Crippen MR) is 88.9 cm³/mol. The van der Waals surface area contributed by atoms with Crippen molar-refractivity contribution in [3.63, 3.8) is 0 Å². The third kappa shape index (κ3) is 3.37. The summed E-state index contributed by atoms with van der Waals surface area (Å²) in [5.41, 5.74) is 10.9. The normalized spacial score (nSPS) is 12.0. The second-order valence-electron chi connectivity index (χ2n) is 5.46. The minimum Gasteiger partial charge on any atom is -0.496 e. The highest BCUT2D eigenvalue weighted by Gasteiger charge is 2.16. The summed E-state index contributed by atoms with van der Waals surface area (Å²) >= 11 is 0. The van der Waals surface area contributed by atoms with E-state index >= 15 is 0 Å². The van der Waals surface area contributed by atoms with Crippen molar-refractivity contribution >= 4 is 5.69 Å². The molecule has 21 heavy (non-hydrogen) atoms. The van der Waals surface area contributed by atoms with Crippen molar-refractivity contribution in [1.82, 2.24) is 0 Å². The van der Waals surface area contributed by atoms with E-state index in [4.69, 9.17) is 10.5 Å². The summed E-state index contributed by atoms with van der Waals surface area (Å²) in [5.74, 6) is 0.846. The van der Waals surface area contributed by atoms with Crippen LogP contribution in [0.4, 0.5) is 5.69 Å². The number of benzene rings is 2. The first kappa shape index (κ1) is 15.4. The van der Waals surface area contributed by atoms with Crippen LogP contribution < -0.4 is 15.4 Å². The summed E-state index contributed by atoms with van der Waals surface area (Å²) in [6, 6.07) is 14.4. The fourth-order valence-corrected chi connectivity index (χ4v) is 2.63. The largest absolute Gasteiger partial charge is 0.496 e. The van der Waals surface area contributed by atoms with Gasteiger partial charge >= 0.3 is 0 Å². The first-order valence-electron chi connectivity index (χ1n) is 7.22. The van der Waals surface area contributed by atoms with Gasteiger partial charge in [0.15, 0.2) is 0 Å². The number of ether oxygens (including phenoxy) is 1. The van der Waals surface area contributed by atoms with E-state index in [-0.39, 0.29) is 6.04 Å². The van der Waals surface area contributed by atoms with Crippen LogP contribution in [0.3, 0.4) is 0 Å². The Hall–Kier alpha value is -2.00. The fourth-order valence-electron chi connectivity index (χ4n) is 2.63. The van der Waals surface area contributed by atoms with Gasteiger partial charge in [-0.25, -0.2) is 0 Å².